The van der Waals surface area contributed by atoms with Gasteiger partial charge in [0.2, 0.25) is 0 Å². The van der Waals surface area contributed by atoms with Crippen molar-refractivity contribution in [2.24, 2.45) is 0 Å². The van der Waals surface area contributed by atoms with Gasteiger partial charge in [-0.05, 0) is 12.0 Å². The number of unbranched alkanes of at least 4 members (excludes halogenated alkanes) is 2. The Balaban J connectivity index is 2.53. The third kappa shape index (κ3) is 5.82. The topological polar surface area (TPSA) is 9.23 Å². The van der Waals surface area contributed by atoms with Crippen LogP contribution in [0.2, 0.25) is 0 Å². The van der Waals surface area contributed by atoms with Gasteiger partial charge in [0.1, 0.15) is 0 Å². The van der Waals surface area contributed by atoms with Gasteiger partial charge in [0, 0.05) is 12.8 Å². The van der Waals surface area contributed by atoms with E-state index in [1.54, 1.807) is 0 Å². The predicted octanol–water partition coefficient (Wildman–Crippen LogP) is 3.95. The number of ether oxygens (including phenoxy) is 1. The molecule has 1 nitrogen and oxygen atoms in total. The fourth-order valence-corrected chi connectivity index (χ4v) is 1.53. The average molecular weight is 228 g/mol. The summed E-state index contributed by atoms with van der Waals surface area (Å²) in [6.07, 6.45) is 5.49. The molecular formula is C16H20O. The highest BCUT2D eigenvalue weighted by molar-refractivity contribution is 5.19. The van der Waals surface area contributed by atoms with Gasteiger partial charge in [0.05, 0.1) is 6.26 Å². The molecule has 1 heteroatoms. The molecule has 1 aromatic carbocycles. The van der Waals surface area contributed by atoms with Crippen LogP contribution in [-0.4, -0.2) is 6.10 Å². The largest absolute Gasteiger partial charge is 0.486 e. The van der Waals surface area contributed by atoms with Gasteiger partial charge in [-0.3, -0.25) is 0 Å². The molecule has 0 bridgehead atoms. The van der Waals surface area contributed by atoms with Crippen LogP contribution in [-0.2, 0) is 11.2 Å². The van der Waals surface area contributed by atoms with Crippen molar-refractivity contribution >= 4 is 0 Å². The van der Waals surface area contributed by atoms with Crippen LogP contribution in [0, 0.1) is 11.8 Å². The zero-order chi connectivity index (χ0) is 12.3. The summed E-state index contributed by atoms with van der Waals surface area (Å²) < 4.78 is 5.42. The second-order valence-corrected chi connectivity index (χ2v) is 3.91. The van der Waals surface area contributed by atoms with Crippen LogP contribution in [0.1, 0.15) is 31.7 Å². The Hall–Kier alpha value is -1.68. The first-order chi connectivity index (χ1) is 8.36. The maximum absolute atomic E-state index is 5.42. The molecule has 0 aromatic heterocycles. The van der Waals surface area contributed by atoms with E-state index in [4.69, 9.17) is 4.74 Å². The summed E-state index contributed by atoms with van der Waals surface area (Å²) in [6.45, 7) is 5.77. The van der Waals surface area contributed by atoms with Crippen molar-refractivity contribution in [3.63, 3.8) is 0 Å². The molecule has 0 heterocycles. The molecule has 0 aliphatic carbocycles. The van der Waals surface area contributed by atoms with Crippen molar-refractivity contribution in [2.45, 2.75) is 38.7 Å². The molecule has 0 radical (unpaired) electrons. The van der Waals surface area contributed by atoms with Crippen molar-refractivity contribution in [3.8, 4) is 11.8 Å². The molecule has 1 unspecified atom stereocenters. The third-order valence-electron chi connectivity index (χ3n) is 2.44. The fourth-order valence-electron chi connectivity index (χ4n) is 1.53. The van der Waals surface area contributed by atoms with E-state index in [1.807, 2.05) is 18.2 Å². The molecule has 0 N–H and O–H groups in total. The van der Waals surface area contributed by atoms with E-state index in [2.05, 4.69) is 37.5 Å². The van der Waals surface area contributed by atoms with Gasteiger partial charge in [0.25, 0.3) is 0 Å². The molecule has 0 amide bonds. The Morgan fingerprint density at radius 2 is 2.12 bits per heavy atom. The highest BCUT2D eigenvalue weighted by Crippen LogP contribution is 2.06. The molecular weight excluding hydrogens is 208 g/mol. The van der Waals surface area contributed by atoms with Crippen molar-refractivity contribution in [1.29, 1.82) is 0 Å². The number of hydrogen-bond acceptors (Lipinski definition) is 1. The zero-order valence-electron chi connectivity index (χ0n) is 10.5. The lowest BCUT2D eigenvalue weighted by Gasteiger charge is -2.10. The van der Waals surface area contributed by atoms with E-state index in [0.29, 0.717) is 0 Å². The van der Waals surface area contributed by atoms with Crippen LogP contribution < -0.4 is 0 Å². The summed E-state index contributed by atoms with van der Waals surface area (Å²) in [5.74, 6) is 6.33. The van der Waals surface area contributed by atoms with Gasteiger partial charge in [-0.25, -0.2) is 0 Å². The molecule has 0 aliphatic rings. The first kappa shape index (κ1) is 13.4. The highest BCUT2D eigenvalue weighted by Gasteiger charge is 2.04. The van der Waals surface area contributed by atoms with E-state index in [-0.39, 0.29) is 6.10 Å². The smallest absolute Gasteiger partial charge is 0.162 e. The average Bonchev–Trinajstić information content (AvgIpc) is 2.36. The summed E-state index contributed by atoms with van der Waals surface area (Å²) in [4.78, 5) is 0. The van der Waals surface area contributed by atoms with Gasteiger partial charge >= 0.3 is 0 Å². The third-order valence-corrected chi connectivity index (χ3v) is 2.44. The lowest BCUT2D eigenvalue weighted by Crippen LogP contribution is -2.10. The van der Waals surface area contributed by atoms with Crippen LogP contribution in [0.15, 0.2) is 43.2 Å². The number of hydrogen-bond donors (Lipinski definition) is 0. The van der Waals surface area contributed by atoms with Gasteiger partial charge in [0.15, 0.2) is 6.10 Å². The predicted molar refractivity (Wildman–Crippen MR) is 72.5 cm³/mol. The van der Waals surface area contributed by atoms with Crippen molar-refractivity contribution in [3.05, 3.63) is 48.7 Å². The molecule has 1 atom stereocenters. The Morgan fingerprint density at radius 1 is 1.35 bits per heavy atom. The van der Waals surface area contributed by atoms with E-state index in [0.717, 1.165) is 19.3 Å². The van der Waals surface area contributed by atoms with Gasteiger partial charge in [-0.15, -0.1) is 0 Å². The summed E-state index contributed by atoms with van der Waals surface area (Å²) in [5, 5.41) is 0. The first-order valence-corrected chi connectivity index (χ1v) is 6.15. The lowest BCUT2D eigenvalue weighted by atomic mass is 10.1. The van der Waals surface area contributed by atoms with Gasteiger partial charge < -0.3 is 4.74 Å². The molecule has 0 fully saturated rings. The van der Waals surface area contributed by atoms with Crippen LogP contribution in [0.3, 0.4) is 0 Å². The van der Waals surface area contributed by atoms with Crippen LogP contribution in [0.4, 0.5) is 0 Å². The molecule has 1 rings (SSSR count). The summed E-state index contributed by atoms with van der Waals surface area (Å²) in [5.41, 5.74) is 1.24. The van der Waals surface area contributed by atoms with E-state index >= 15 is 0 Å². The minimum absolute atomic E-state index is 0.0771. The molecule has 0 aliphatic heterocycles. The maximum atomic E-state index is 5.42. The lowest BCUT2D eigenvalue weighted by molar-refractivity contribution is 0.196. The SMILES string of the molecule is C=COC(C#CCCCC)Cc1ccccc1. The van der Waals surface area contributed by atoms with E-state index in [9.17, 15) is 0 Å². The molecule has 0 saturated heterocycles. The summed E-state index contributed by atoms with van der Waals surface area (Å²) in [7, 11) is 0. The van der Waals surface area contributed by atoms with Crippen molar-refractivity contribution in [2.75, 3.05) is 0 Å². The van der Waals surface area contributed by atoms with Crippen LogP contribution >= 0.6 is 0 Å². The van der Waals surface area contributed by atoms with Gasteiger partial charge in [-0.2, -0.15) is 0 Å². The minimum Gasteiger partial charge on any atom is -0.486 e. The first-order valence-electron chi connectivity index (χ1n) is 6.15. The Bertz CT molecular complexity index is 370. The van der Waals surface area contributed by atoms with Crippen molar-refractivity contribution < 1.29 is 4.74 Å². The summed E-state index contributed by atoms with van der Waals surface area (Å²) in [6, 6.07) is 10.3. The molecule has 1 aromatic rings. The second-order valence-electron chi connectivity index (χ2n) is 3.91. The Morgan fingerprint density at radius 3 is 2.76 bits per heavy atom. The van der Waals surface area contributed by atoms with Gasteiger partial charge in [-0.1, -0.05) is 62.1 Å². The quantitative estimate of drug-likeness (QED) is 0.407. The highest BCUT2D eigenvalue weighted by atomic mass is 16.5. The normalized spacial score (nSPS) is 11.1. The molecule has 90 valence electrons. The molecule has 0 saturated carbocycles. The zero-order valence-corrected chi connectivity index (χ0v) is 10.5. The van der Waals surface area contributed by atoms with Crippen LogP contribution in [0.25, 0.3) is 0 Å². The standard InChI is InChI=1S/C16H20O/c1-3-5-6-10-13-16(17-4-2)14-15-11-8-7-9-12-15/h4,7-9,11-12,16H,2-3,5-6,14H2,1H3. The summed E-state index contributed by atoms with van der Waals surface area (Å²) >= 11 is 0. The number of rotatable bonds is 6. The van der Waals surface area contributed by atoms with E-state index < -0.39 is 0 Å². The van der Waals surface area contributed by atoms with Crippen molar-refractivity contribution in [1.82, 2.24) is 0 Å². The second kappa shape index (κ2) is 8.47. The van der Waals surface area contributed by atoms with Crippen LogP contribution in [0.5, 0.6) is 0 Å². The monoisotopic (exact) mass is 228 g/mol. The Kier molecular flexibility index (Phi) is 6.67. The maximum Gasteiger partial charge on any atom is 0.162 e. The Labute approximate surface area is 105 Å². The minimum atomic E-state index is -0.0771. The molecule has 0 spiro atoms. The molecule has 17 heavy (non-hydrogen) atoms. The van der Waals surface area contributed by atoms with E-state index in [1.165, 1.54) is 18.2 Å². The number of benzene rings is 1. The fraction of sp³-hybridized carbons (Fsp3) is 0.375.